The van der Waals surface area contributed by atoms with Gasteiger partial charge in [-0.25, -0.2) is 4.79 Å². The van der Waals surface area contributed by atoms with Crippen LogP contribution in [0.2, 0.25) is 0 Å². The maximum atomic E-state index is 13.0. The molecule has 0 radical (unpaired) electrons. The Kier molecular flexibility index (Phi) is 8.00. The van der Waals surface area contributed by atoms with Crippen LogP contribution in [-0.4, -0.2) is 47.9 Å². The molecule has 2 N–H and O–H groups in total. The molecule has 1 aliphatic carbocycles. The van der Waals surface area contributed by atoms with E-state index in [0.717, 1.165) is 17.9 Å². The second kappa shape index (κ2) is 11.3. The van der Waals surface area contributed by atoms with Crippen molar-refractivity contribution in [1.29, 1.82) is 0 Å². The average Bonchev–Trinajstić information content (AvgIpc) is 2.86. The summed E-state index contributed by atoms with van der Waals surface area (Å²) in [4.78, 5) is 29.8. The van der Waals surface area contributed by atoms with E-state index >= 15 is 0 Å². The monoisotopic (exact) mass is 448 g/mol. The van der Waals surface area contributed by atoms with Gasteiger partial charge in [-0.1, -0.05) is 55.7 Å². The van der Waals surface area contributed by atoms with E-state index in [2.05, 4.69) is 28.6 Å². The number of nitrogens with zero attached hydrogens (tertiary/aromatic N) is 2. The second-order valence-electron chi connectivity index (χ2n) is 9.41. The van der Waals surface area contributed by atoms with E-state index in [1.54, 1.807) is 4.90 Å². The van der Waals surface area contributed by atoms with Crippen molar-refractivity contribution in [2.75, 3.05) is 30.8 Å². The molecule has 1 aliphatic heterocycles. The van der Waals surface area contributed by atoms with Crippen LogP contribution in [0.25, 0.3) is 0 Å². The van der Waals surface area contributed by atoms with Crippen molar-refractivity contribution in [2.45, 2.75) is 57.5 Å². The summed E-state index contributed by atoms with van der Waals surface area (Å²) in [6, 6.07) is 18.2. The van der Waals surface area contributed by atoms with Crippen LogP contribution in [0.1, 0.15) is 50.5 Å². The molecule has 3 amide bonds. The molecule has 0 aromatic heterocycles. The molecule has 0 atom stereocenters. The van der Waals surface area contributed by atoms with Gasteiger partial charge in [-0.15, -0.1) is 0 Å². The summed E-state index contributed by atoms with van der Waals surface area (Å²) in [6.45, 7) is 2.02. The van der Waals surface area contributed by atoms with Crippen LogP contribution >= 0.6 is 0 Å². The molecule has 1 saturated heterocycles. The predicted molar refractivity (Wildman–Crippen MR) is 133 cm³/mol. The molecule has 2 aliphatic rings. The summed E-state index contributed by atoms with van der Waals surface area (Å²) in [7, 11) is 2.20. The van der Waals surface area contributed by atoms with E-state index in [1.807, 2.05) is 48.5 Å². The Morgan fingerprint density at radius 2 is 1.55 bits per heavy atom. The SMILES string of the molecule is CN(Cc1ccccc1NC(=O)C1CCN(C(=O)Nc2ccccc2)CC1)C1CCCCC1. The predicted octanol–water partition coefficient (Wildman–Crippen LogP) is 5.33. The van der Waals surface area contributed by atoms with E-state index < -0.39 is 0 Å². The molecular weight excluding hydrogens is 412 g/mol. The summed E-state index contributed by atoms with van der Waals surface area (Å²) < 4.78 is 0. The van der Waals surface area contributed by atoms with Crippen LogP contribution < -0.4 is 10.6 Å². The van der Waals surface area contributed by atoms with Gasteiger partial charge in [0.05, 0.1) is 0 Å². The highest BCUT2D eigenvalue weighted by atomic mass is 16.2. The summed E-state index contributed by atoms with van der Waals surface area (Å²) >= 11 is 0. The van der Waals surface area contributed by atoms with Gasteiger partial charge in [0.25, 0.3) is 0 Å². The normalized spacial score (nSPS) is 17.7. The number of hydrogen-bond donors (Lipinski definition) is 2. The van der Waals surface area contributed by atoms with Gasteiger partial charge in [0.2, 0.25) is 5.91 Å². The number of carbonyl (C=O) groups is 2. The molecule has 1 saturated carbocycles. The molecule has 0 spiro atoms. The van der Waals surface area contributed by atoms with Crippen LogP contribution in [0.4, 0.5) is 16.2 Å². The molecule has 2 aromatic rings. The van der Waals surface area contributed by atoms with Crippen molar-refractivity contribution in [2.24, 2.45) is 5.92 Å². The van der Waals surface area contributed by atoms with E-state index in [1.165, 1.54) is 37.7 Å². The third-order valence-corrected chi connectivity index (χ3v) is 7.07. The molecule has 4 rings (SSSR count). The number of hydrogen-bond acceptors (Lipinski definition) is 3. The fraction of sp³-hybridized carbons (Fsp3) is 0.481. The molecule has 6 nitrogen and oxygen atoms in total. The van der Waals surface area contributed by atoms with E-state index in [9.17, 15) is 9.59 Å². The highest BCUT2D eigenvalue weighted by molar-refractivity contribution is 5.94. The summed E-state index contributed by atoms with van der Waals surface area (Å²) in [5.74, 6) is -0.0132. The molecular formula is C27H36N4O2. The number of amides is 3. The molecule has 176 valence electrons. The molecule has 1 heterocycles. The number of urea groups is 1. The Balaban J connectivity index is 1.29. The van der Waals surface area contributed by atoms with Crippen molar-refractivity contribution in [1.82, 2.24) is 9.80 Å². The summed E-state index contributed by atoms with van der Waals surface area (Å²) in [6.07, 6.45) is 7.87. The van der Waals surface area contributed by atoms with Crippen molar-refractivity contribution in [3.05, 3.63) is 60.2 Å². The number of carbonyl (C=O) groups excluding carboxylic acids is 2. The molecule has 0 unspecified atom stereocenters. The Hall–Kier alpha value is -2.86. The lowest BCUT2D eigenvalue weighted by Gasteiger charge is -2.32. The lowest BCUT2D eigenvalue weighted by atomic mass is 9.94. The number of benzene rings is 2. The fourth-order valence-electron chi connectivity index (χ4n) is 5.00. The zero-order valence-electron chi connectivity index (χ0n) is 19.6. The zero-order valence-corrected chi connectivity index (χ0v) is 19.6. The van der Waals surface area contributed by atoms with Gasteiger partial charge in [0, 0.05) is 43.0 Å². The van der Waals surface area contributed by atoms with Crippen molar-refractivity contribution < 1.29 is 9.59 Å². The van der Waals surface area contributed by atoms with Crippen LogP contribution in [0.5, 0.6) is 0 Å². The number of para-hydroxylation sites is 2. The van der Waals surface area contributed by atoms with Crippen LogP contribution in [0.15, 0.2) is 54.6 Å². The lowest BCUT2D eigenvalue weighted by molar-refractivity contribution is -0.121. The molecule has 33 heavy (non-hydrogen) atoms. The Bertz CT molecular complexity index is 919. The highest BCUT2D eigenvalue weighted by Crippen LogP contribution is 2.26. The number of likely N-dealkylation sites (tertiary alicyclic amines) is 1. The quantitative estimate of drug-likeness (QED) is 0.627. The van der Waals surface area contributed by atoms with Gasteiger partial charge in [0.15, 0.2) is 0 Å². The first kappa shape index (κ1) is 23.3. The van der Waals surface area contributed by atoms with Crippen LogP contribution in [-0.2, 0) is 11.3 Å². The van der Waals surface area contributed by atoms with Crippen molar-refractivity contribution in [3.8, 4) is 0 Å². The van der Waals surface area contributed by atoms with Gasteiger partial charge in [-0.3, -0.25) is 9.69 Å². The largest absolute Gasteiger partial charge is 0.326 e. The number of nitrogens with one attached hydrogen (secondary N) is 2. The van der Waals surface area contributed by atoms with Gasteiger partial charge < -0.3 is 15.5 Å². The zero-order chi connectivity index (χ0) is 23.0. The maximum absolute atomic E-state index is 13.0. The minimum atomic E-state index is -0.101. The minimum Gasteiger partial charge on any atom is -0.326 e. The third-order valence-electron chi connectivity index (χ3n) is 7.07. The first-order chi connectivity index (χ1) is 16.1. The Morgan fingerprint density at radius 3 is 2.27 bits per heavy atom. The first-order valence-electron chi connectivity index (χ1n) is 12.3. The van der Waals surface area contributed by atoms with Gasteiger partial charge in [-0.05, 0) is 56.5 Å². The highest BCUT2D eigenvalue weighted by Gasteiger charge is 2.28. The standard InChI is InChI=1S/C27H36N4O2/c1-30(24-13-6-3-7-14-24)20-22-10-8-9-15-25(22)29-26(32)21-16-18-31(19-17-21)27(33)28-23-11-4-2-5-12-23/h2,4-5,8-12,15,21,24H,3,6-7,13-14,16-20H2,1H3,(H,28,33)(H,29,32). The maximum Gasteiger partial charge on any atom is 0.321 e. The second-order valence-corrected chi connectivity index (χ2v) is 9.41. The number of anilines is 2. The minimum absolute atomic E-state index is 0.0610. The number of piperidine rings is 1. The molecule has 6 heteroatoms. The average molecular weight is 449 g/mol. The van der Waals surface area contributed by atoms with Gasteiger partial charge in [-0.2, -0.15) is 0 Å². The summed E-state index contributed by atoms with van der Waals surface area (Å²) in [5, 5.41) is 6.12. The van der Waals surface area contributed by atoms with Crippen LogP contribution in [0, 0.1) is 5.92 Å². The van der Waals surface area contributed by atoms with E-state index in [4.69, 9.17) is 0 Å². The third kappa shape index (κ3) is 6.35. The fourth-order valence-corrected chi connectivity index (χ4v) is 5.00. The molecule has 2 aromatic carbocycles. The number of rotatable bonds is 6. The first-order valence-corrected chi connectivity index (χ1v) is 12.3. The Labute approximate surface area is 197 Å². The van der Waals surface area contributed by atoms with Crippen molar-refractivity contribution >= 4 is 23.3 Å². The van der Waals surface area contributed by atoms with E-state index in [0.29, 0.717) is 32.0 Å². The molecule has 2 fully saturated rings. The molecule has 0 bridgehead atoms. The smallest absolute Gasteiger partial charge is 0.321 e. The van der Waals surface area contributed by atoms with Crippen LogP contribution in [0.3, 0.4) is 0 Å². The topological polar surface area (TPSA) is 64.7 Å². The van der Waals surface area contributed by atoms with Gasteiger partial charge in [0.1, 0.15) is 0 Å². The van der Waals surface area contributed by atoms with Gasteiger partial charge >= 0.3 is 6.03 Å². The lowest BCUT2D eigenvalue weighted by Crippen LogP contribution is -2.43. The van der Waals surface area contributed by atoms with E-state index in [-0.39, 0.29) is 17.9 Å². The summed E-state index contributed by atoms with van der Waals surface area (Å²) in [5.41, 5.74) is 2.87. The van der Waals surface area contributed by atoms with Crippen molar-refractivity contribution in [3.63, 3.8) is 0 Å². The Morgan fingerprint density at radius 1 is 0.879 bits per heavy atom.